The second-order valence-electron chi connectivity index (χ2n) is 4.84. The van der Waals surface area contributed by atoms with Gasteiger partial charge >= 0.3 is 21.6 Å². The van der Waals surface area contributed by atoms with Gasteiger partial charge in [0, 0.05) is 11.8 Å². The number of nitrogens with zero attached hydrogens (tertiary/aromatic N) is 1. The number of rotatable bonds is 4. The van der Waals surface area contributed by atoms with Crippen LogP contribution in [0.15, 0.2) is 6.07 Å². The van der Waals surface area contributed by atoms with Gasteiger partial charge in [-0.05, 0) is 38.2 Å². The molecule has 1 heterocycles. The van der Waals surface area contributed by atoms with Crippen molar-refractivity contribution < 1.29 is 35.3 Å². The Morgan fingerprint density at radius 3 is 2.57 bits per heavy atom. The molecular weight excluding hydrogens is 339 g/mol. The Bertz CT molecular complexity index is 715. The van der Waals surface area contributed by atoms with E-state index in [4.69, 9.17) is 4.74 Å². The van der Waals surface area contributed by atoms with Gasteiger partial charge < -0.3 is 8.92 Å². The molecule has 6 nitrogen and oxygen atoms in total. The van der Waals surface area contributed by atoms with Crippen LogP contribution in [-0.4, -0.2) is 31.5 Å². The summed E-state index contributed by atoms with van der Waals surface area (Å²) < 4.78 is 68.3. The van der Waals surface area contributed by atoms with Gasteiger partial charge in [0.25, 0.3) is 0 Å². The van der Waals surface area contributed by atoms with E-state index in [1.54, 1.807) is 6.92 Å². The van der Waals surface area contributed by atoms with E-state index in [1.165, 1.54) is 0 Å². The summed E-state index contributed by atoms with van der Waals surface area (Å²) in [6.07, 6.45) is 2.47. The highest BCUT2D eigenvalue weighted by molar-refractivity contribution is 7.87. The van der Waals surface area contributed by atoms with Crippen molar-refractivity contribution in [2.24, 2.45) is 0 Å². The molecule has 0 fully saturated rings. The van der Waals surface area contributed by atoms with Gasteiger partial charge in [0.05, 0.1) is 12.2 Å². The van der Waals surface area contributed by atoms with Gasteiger partial charge in [-0.15, -0.1) is 0 Å². The van der Waals surface area contributed by atoms with E-state index in [9.17, 15) is 26.4 Å². The fourth-order valence-electron chi connectivity index (χ4n) is 2.27. The summed E-state index contributed by atoms with van der Waals surface area (Å²) in [5, 5.41) is 0. The number of aryl methyl sites for hydroxylation is 1. The molecule has 0 N–H and O–H groups in total. The third kappa shape index (κ3) is 3.74. The monoisotopic (exact) mass is 353 g/mol. The van der Waals surface area contributed by atoms with Crippen molar-refractivity contribution in [2.75, 3.05) is 6.61 Å². The number of fused-ring (bicyclic) bond motifs is 1. The van der Waals surface area contributed by atoms with Crippen LogP contribution in [0.1, 0.15) is 41.4 Å². The van der Waals surface area contributed by atoms with E-state index in [1.807, 2.05) is 0 Å². The maximum Gasteiger partial charge on any atom is 0.534 e. The Morgan fingerprint density at radius 2 is 1.96 bits per heavy atom. The molecular formula is C13H14F3NO5S. The number of hydrogen-bond acceptors (Lipinski definition) is 6. The maximum atomic E-state index is 12.4. The zero-order valence-corrected chi connectivity index (χ0v) is 13.0. The molecule has 0 amide bonds. The standard InChI is InChI=1S/C13H14F3NO5S/c1-2-21-12(18)9-7-11(22-23(19,20)13(14,15)16)17-10-6-4-3-5-8(9)10/h7H,2-6H2,1H3. The summed E-state index contributed by atoms with van der Waals surface area (Å²) in [4.78, 5) is 15.8. The molecule has 10 heteroatoms. The molecule has 0 bridgehead atoms. The Balaban J connectivity index is 2.46. The number of aromatic nitrogens is 1. The van der Waals surface area contributed by atoms with Gasteiger partial charge in [0.1, 0.15) is 0 Å². The van der Waals surface area contributed by atoms with Gasteiger partial charge in [-0.25, -0.2) is 9.78 Å². The smallest absolute Gasteiger partial charge is 0.462 e. The molecule has 23 heavy (non-hydrogen) atoms. The van der Waals surface area contributed by atoms with Crippen LogP contribution in [0.5, 0.6) is 5.88 Å². The van der Waals surface area contributed by atoms with Crippen LogP contribution in [0.3, 0.4) is 0 Å². The van der Waals surface area contributed by atoms with Crippen molar-refractivity contribution in [1.29, 1.82) is 0 Å². The SMILES string of the molecule is CCOC(=O)c1cc(OS(=O)(=O)C(F)(F)F)nc2c1CCCC2. The molecule has 128 valence electrons. The van der Waals surface area contributed by atoms with Gasteiger partial charge in [0.15, 0.2) is 0 Å². The Hall–Kier alpha value is -1.84. The van der Waals surface area contributed by atoms with E-state index in [2.05, 4.69) is 9.17 Å². The predicted octanol–water partition coefficient (Wildman–Crippen LogP) is 2.37. The van der Waals surface area contributed by atoms with E-state index >= 15 is 0 Å². The lowest BCUT2D eigenvalue weighted by Gasteiger charge is -2.19. The van der Waals surface area contributed by atoms with Gasteiger partial charge in [-0.1, -0.05) is 0 Å². The number of carbonyl (C=O) groups excluding carboxylic acids is 1. The number of esters is 1. The van der Waals surface area contributed by atoms with Crippen LogP contribution in [0, 0.1) is 0 Å². The molecule has 1 aromatic heterocycles. The fourth-order valence-corrected chi connectivity index (χ4v) is 2.68. The van der Waals surface area contributed by atoms with Crippen molar-refractivity contribution in [2.45, 2.75) is 38.1 Å². The van der Waals surface area contributed by atoms with E-state index in [0.29, 0.717) is 24.1 Å². The summed E-state index contributed by atoms with van der Waals surface area (Å²) in [6.45, 7) is 1.66. The minimum atomic E-state index is -5.85. The highest BCUT2D eigenvalue weighted by atomic mass is 32.2. The number of halogens is 3. The molecule has 1 aliphatic carbocycles. The molecule has 0 unspecified atom stereocenters. The predicted molar refractivity (Wildman–Crippen MR) is 72.4 cm³/mol. The molecule has 0 spiro atoms. The quantitative estimate of drug-likeness (QED) is 0.469. The molecule has 2 rings (SSSR count). The lowest BCUT2D eigenvalue weighted by atomic mass is 9.92. The first kappa shape index (κ1) is 17.5. The fraction of sp³-hybridized carbons (Fsp3) is 0.538. The molecule has 0 atom stereocenters. The molecule has 0 saturated heterocycles. The molecule has 0 saturated carbocycles. The largest absolute Gasteiger partial charge is 0.534 e. The second kappa shape index (κ2) is 6.34. The average molecular weight is 353 g/mol. The van der Waals surface area contributed by atoms with Crippen molar-refractivity contribution >= 4 is 16.1 Å². The highest BCUT2D eigenvalue weighted by Crippen LogP contribution is 2.30. The van der Waals surface area contributed by atoms with Crippen LogP contribution < -0.4 is 4.18 Å². The summed E-state index contributed by atoms with van der Waals surface area (Å²) in [7, 11) is -5.85. The highest BCUT2D eigenvalue weighted by Gasteiger charge is 2.49. The molecule has 0 aliphatic heterocycles. The summed E-state index contributed by atoms with van der Waals surface area (Å²) in [6, 6.07) is 0.880. The van der Waals surface area contributed by atoms with Crippen molar-refractivity contribution in [3.63, 3.8) is 0 Å². The summed E-state index contributed by atoms with van der Waals surface area (Å²) >= 11 is 0. The van der Waals surface area contributed by atoms with Gasteiger partial charge in [-0.3, -0.25) is 0 Å². The van der Waals surface area contributed by atoms with E-state index in [0.717, 1.165) is 18.9 Å². The third-order valence-electron chi connectivity index (χ3n) is 3.25. The lowest BCUT2D eigenvalue weighted by Crippen LogP contribution is -2.29. The minimum absolute atomic E-state index is 0.0103. The van der Waals surface area contributed by atoms with Crippen LogP contribution in [0.4, 0.5) is 13.2 Å². The van der Waals surface area contributed by atoms with Crippen LogP contribution in [-0.2, 0) is 27.7 Å². The van der Waals surface area contributed by atoms with Crippen molar-refractivity contribution in [3.8, 4) is 5.88 Å². The van der Waals surface area contributed by atoms with Gasteiger partial charge in [-0.2, -0.15) is 21.6 Å². The summed E-state index contributed by atoms with van der Waals surface area (Å²) in [5.41, 5.74) is -4.67. The molecule has 1 aliphatic rings. The van der Waals surface area contributed by atoms with E-state index in [-0.39, 0.29) is 12.2 Å². The van der Waals surface area contributed by atoms with Crippen LogP contribution in [0.2, 0.25) is 0 Å². The third-order valence-corrected chi connectivity index (χ3v) is 4.21. The Labute approximate surface area is 130 Å². The van der Waals surface area contributed by atoms with E-state index < -0.39 is 27.5 Å². The average Bonchev–Trinajstić information content (AvgIpc) is 2.45. The van der Waals surface area contributed by atoms with Crippen molar-refractivity contribution in [3.05, 3.63) is 22.9 Å². The topological polar surface area (TPSA) is 82.6 Å². The number of hydrogen-bond donors (Lipinski definition) is 0. The van der Waals surface area contributed by atoms with Gasteiger partial charge in [0.2, 0.25) is 5.88 Å². The molecule has 0 radical (unpaired) electrons. The lowest BCUT2D eigenvalue weighted by molar-refractivity contribution is -0.0501. The molecule has 1 aromatic rings. The maximum absolute atomic E-state index is 12.4. The first-order chi connectivity index (χ1) is 10.7. The zero-order chi connectivity index (χ0) is 17.3. The number of pyridine rings is 1. The number of ether oxygens (including phenoxy) is 1. The van der Waals surface area contributed by atoms with Crippen LogP contribution >= 0.6 is 0 Å². The molecule has 0 aromatic carbocycles. The first-order valence-corrected chi connectivity index (χ1v) is 8.27. The summed E-state index contributed by atoms with van der Waals surface area (Å²) in [5.74, 6) is -1.53. The number of carbonyl (C=O) groups is 1. The van der Waals surface area contributed by atoms with Crippen molar-refractivity contribution in [1.82, 2.24) is 4.98 Å². The Morgan fingerprint density at radius 1 is 1.30 bits per heavy atom. The first-order valence-electron chi connectivity index (χ1n) is 6.86. The normalized spacial score (nSPS) is 15.0. The minimum Gasteiger partial charge on any atom is -0.462 e. The van der Waals surface area contributed by atoms with Crippen LogP contribution in [0.25, 0.3) is 0 Å². The second-order valence-corrected chi connectivity index (χ2v) is 6.38. The number of alkyl halides is 3. The zero-order valence-electron chi connectivity index (χ0n) is 12.1. The Kier molecular flexibility index (Phi) is 4.83.